The maximum atomic E-state index is 12.5. The number of benzene rings is 1. The van der Waals surface area contributed by atoms with E-state index in [9.17, 15) is 13.2 Å². The Balaban J connectivity index is 2.19. The zero-order chi connectivity index (χ0) is 15.6. The molecule has 1 heterocycles. The molecule has 0 bridgehead atoms. The number of rotatable bonds is 3. The summed E-state index contributed by atoms with van der Waals surface area (Å²) < 4.78 is 23.2. The second-order valence-electron chi connectivity index (χ2n) is 5.81. The Hall–Kier alpha value is -1.07. The maximum Gasteiger partial charge on any atom is 0.262 e. The average molecular weight is 330 g/mol. The zero-order valence-corrected chi connectivity index (χ0v) is 13.8. The fourth-order valence-electron chi connectivity index (χ4n) is 2.80. The predicted molar refractivity (Wildman–Crippen MR) is 82.9 cm³/mol. The van der Waals surface area contributed by atoms with Crippen molar-refractivity contribution in [2.45, 2.75) is 31.6 Å². The minimum Gasteiger partial charge on any atom is -0.339 e. The van der Waals surface area contributed by atoms with Crippen molar-refractivity contribution in [1.82, 2.24) is 4.90 Å². The highest BCUT2D eigenvalue weighted by Crippen LogP contribution is 2.27. The molecule has 1 aliphatic heterocycles. The van der Waals surface area contributed by atoms with Crippen LogP contribution in [0.3, 0.4) is 0 Å². The maximum absolute atomic E-state index is 12.5. The molecule has 0 unspecified atom stereocenters. The number of nitrogens with zero attached hydrogens (tertiary/aromatic N) is 1. The van der Waals surface area contributed by atoms with Crippen LogP contribution in [-0.4, -0.2) is 32.3 Å². The lowest BCUT2D eigenvalue weighted by atomic mass is 9.86. The molecule has 1 fully saturated rings. The molecule has 1 aromatic carbocycles. The lowest BCUT2D eigenvalue weighted by Crippen LogP contribution is -2.39. The van der Waals surface area contributed by atoms with Crippen molar-refractivity contribution in [3.8, 4) is 0 Å². The van der Waals surface area contributed by atoms with Crippen molar-refractivity contribution in [3.63, 3.8) is 0 Å². The van der Waals surface area contributed by atoms with Gasteiger partial charge in [-0.2, -0.15) is 0 Å². The van der Waals surface area contributed by atoms with Crippen LogP contribution in [0.15, 0.2) is 29.2 Å². The first-order valence-corrected chi connectivity index (χ1v) is 9.44. The highest BCUT2D eigenvalue weighted by Gasteiger charge is 2.28. The largest absolute Gasteiger partial charge is 0.339 e. The average Bonchev–Trinajstić information content (AvgIpc) is 2.45. The van der Waals surface area contributed by atoms with Crippen LogP contribution in [0.1, 0.15) is 37.0 Å². The van der Waals surface area contributed by atoms with Gasteiger partial charge in [0.1, 0.15) is 0 Å². The summed E-state index contributed by atoms with van der Waals surface area (Å²) in [5.74, 6) is 0.982. The summed E-state index contributed by atoms with van der Waals surface area (Å²) in [5.41, 5.74) is 0.162. The highest BCUT2D eigenvalue weighted by molar-refractivity contribution is 8.13. The van der Waals surface area contributed by atoms with Crippen LogP contribution in [0.2, 0.25) is 0 Å². The molecule has 6 heteroatoms. The first-order valence-electron chi connectivity index (χ1n) is 7.13. The van der Waals surface area contributed by atoms with E-state index in [-0.39, 0.29) is 16.4 Å². The Kier molecular flexibility index (Phi) is 4.94. The zero-order valence-electron chi connectivity index (χ0n) is 12.3. The van der Waals surface area contributed by atoms with Gasteiger partial charge in [-0.15, -0.1) is 0 Å². The fourth-order valence-corrected chi connectivity index (χ4v) is 3.86. The van der Waals surface area contributed by atoms with E-state index >= 15 is 0 Å². The normalized spacial score (nSPS) is 17.2. The second kappa shape index (κ2) is 6.36. The van der Waals surface area contributed by atoms with Crippen LogP contribution in [0.25, 0.3) is 0 Å². The number of carbonyl (C=O) groups excluding carboxylic acids is 1. The smallest absolute Gasteiger partial charge is 0.262 e. The molecule has 0 saturated carbocycles. The molecular weight excluding hydrogens is 310 g/mol. The molecule has 0 aliphatic carbocycles. The first-order chi connectivity index (χ1) is 9.80. The van der Waals surface area contributed by atoms with Gasteiger partial charge in [0.05, 0.1) is 10.5 Å². The van der Waals surface area contributed by atoms with Gasteiger partial charge in [-0.1, -0.05) is 26.0 Å². The van der Waals surface area contributed by atoms with Gasteiger partial charge in [0.25, 0.3) is 15.0 Å². The molecule has 1 amide bonds. The quantitative estimate of drug-likeness (QED) is 0.801. The molecule has 21 heavy (non-hydrogen) atoms. The Morgan fingerprint density at radius 1 is 1.24 bits per heavy atom. The minimum atomic E-state index is -3.92. The van der Waals surface area contributed by atoms with Crippen LogP contribution < -0.4 is 0 Å². The molecule has 4 nitrogen and oxygen atoms in total. The molecule has 0 N–H and O–H groups in total. The van der Waals surface area contributed by atoms with Gasteiger partial charge in [0, 0.05) is 23.8 Å². The van der Waals surface area contributed by atoms with Crippen molar-refractivity contribution in [2.75, 3.05) is 13.1 Å². The highest BCUT2D eigenvalue weighted by atomic mass is 35.7. The number of hydrogen-bond acceptors (Lipinski definition) is 3. The standard InChI is InChI=1S/C15H20ClNO3S/c1-11(2)12-7-9-17(10-8-12)15(18)13-5-3-4-6-14(13)21(16,19)20/h3-6,11-12H,7-10H2,1-2H3. The molecular formula is C15H20ClNO3S. The number of halogens is 1. The molecule has 0 spiro atoms. The van der Waals surface area contributed by atoms with Crippen LogP contribution in [0, 0.1) is 11.8 Å². The number of likely N-dealkylation sites (tertiary alicyclic amines) is 1. The Morgan fingerprint density at radius 3 is 2.33 bits per heavy atom. The van der Waals surface area contributed by atoms with E-state index in [0.29, 0.717) is 24.9 Å². The molecule has 1 aromatic rings. The third-order valence-corrected chi connectivity index (χ3v) is 5.53. The predicted octanol–water partition coefficient (Wildman–Crippen LogP) is 3.12. The molecule has 116 valence electrons. The molecule has 1 saturated heterocycles. The van der Waals surface area contributed by atoms with Gasteiger partial charge in [-0.3, -0.25) is 4.79 Å². The van der Waals surface area contributed by atoms with E-state index in [1.165, 1.54) is 12.1 Å². The lowest BCUT2D eigenvalue weighted by Gasteiger charge is -2.34. The summed E-state index contributed by atoms with van der Waals surface area (Å²) in [7, 11) is 1.50. The van der Waals surface area contributed by atoms with Gasteiger partial charge >= 0.3 is 0 Å². The summed E-state index contributed by atoms with van der Waals surface area (Å²) >= 11 is 0. The Bertz CT molecular complexity index is 620. The Morgan fingerprint density at radius 2 is 1.81 bits per heavy atom. The molecule has 0 aromatic heterocycles. The Labute approximate surface area is 130 Å². The van der Waals surface area contributed by atoms with E-state index in [2.05, 4.69) is 13.8 Å². The van der Waals surface area contributed by atoms with Gasteiger partial charge < -0.3 is 4.90 Å². The van der Waals surface area contributed by atoms with E-state index in [1.54, 1.807) is 17.0 Å². The van der Waals surface area contributed by atoms with E-state index in [0.717, 1.165) is 12.8 Å². The number of piperidine rings is 1. The summed E-state index contributed by atoms with van der Waals surface area (Å²) in [6, 6.07) is 6.11. The SMILES string of the molecule is CC(C)C1CCN(C(=O)c2ccccc2S(=O)(=O)Cl)CC1. The second-order valence-corrected chi connectivity index (χ2v) is 8.34. The summed E-state index contributed by atoms with van der Waals surface area (Å²) in [4.78, 5) is 14.2. The molecule has 0 atom stereocenters. The van der Waals surface area contributed by atoms with Crippen LogP contribution in [0.4, 0.5) is 0 Å². The summed E-state index contributed by atoms with van der Waals surface area (Å²) in [6.45, 7) is 5.71. The van der Waals surface area contributed by atoms with Gasteiger partial charge in [-0.05, 0) is 36.8 Å². The molecule has 1 aliphatic rings. The van der Waals surface area contributed by atoms with Gasteiger partial charge in [-0.25, -0.2) is 8.42 Å². The summed E-state index contributed by atoms with van der Waals surface area (Å²) in [6.07, 6.45) is 1.92. The monoisotopic (exact) mass is 329 g/mol. The minimum absolute atomic E-state index is 0.109. The van der Waals surface area contributed by atoms with Crippen LogP contribution in [0.5, 0.6) is 0 Å². The van der Waals surface area contributed by atoms with Crippen molar-refractivity contribution in [3.05, 3.63) is 29.8 Å². The summed E-state index contributed by atoms with van der Waals surface area (Å²) in [5, 5.41) is 0. The van der Waals surface area contributed by atoms with Gasteiger partial charge in [0.2, 0.25) is 0 Å². The molecule has 2 rings (SSSR count). The van der Waals surface area contributed by atoms with E-state index < -0.39 is 9.05 Å². The van der Waals surface area contributed by atoms with E-state index in [4.69, 9.17) is 10.7 Å². The van der Waals surface area contributed by atoms with Crippen molar-refractivity contribution in [2.24, 2.45) is 11.8 Å². The third kappa shape index (κ3) is 3.77. The van der Waals surface area contributed by atoms with Gasteiger partial charge in [0.15, 0.2) is 0 Å². The topological polar surface area (TPSA) is 54.5 Å². The van der Waals surface area contributed by atoms with Crippen LogP contribution in [-0.2, 0) is 9.05 Å². The van der Waals surface area contributed by atoms with Crippen molar-refractivity contribution in [1.29, 1.82) is 0 Å². The number of hydrogen-bond donors (Lipinski definition) is 0. The van der Waals surface area contributed by atoms with Crippen molar-refractivity contribution < 1.29 is 13.2 Å². The fraction of sp³-hybridized carbons (Fsp3) is 0.533. The first kappa shape index (κ1) is 16.3. The number of amides is 1. The van der Waals surface area contributed by atoms with Crippen LogP contribution >= 0.6 is 10.7 Å². The van der Waals surface area contributed by atoms with Crippen molar-refractivity contribution >= 4 is 25.6 Å². The number of carbonyl (C=O) groups is 1. The van der Waals surface area contributed by atoms with E-state index in [1.807, 2.05) is 0 Å². The molecule has 0 radical (unpaired) electrons. The third-order valence-electron chi connectivity index (χ3n) is 4.15. The lowest BCUT2D eigenvalue weighted by molar-refractivity contribution is 0.0664.